The molecule has 0 saturated carbocycles. The van der Waals surface area contributed by atoms with Gasteiger partial charge in [-0.25, -0.2) is 0 Å². The van der Waals surface area contributed by atoms with Crippen LogP contribution in [0, 0.1) is 10.1 Å². The molecular formula is C16H14ClNO5. The number of nitrogens with zero attached hydrogens (tertiary/aromatic N) is 1. The second-order valence-corrected chi connectivity index (χ2v) is 5.00. The summed E-state index contributed by atoms with van der Waals surface area (Å²) in [6.45, 7) is 2.26. The Morgan fingerprint density at radius 3 is 2.70 bits per heavy atom. The van der Waals surface area contributed by atoms with Gasteiger partial charge in [-0.15, -0.1) is 0 Å². The minimum atomic E-state index is -0.471. The van der Waals surface area contributed by atoms with E-state index in [1.165, 1.54) is 24.3 Å². The number of carbonyl (C=O) groups excluding carboxylic acids is 1. The van der Waals surface area contributed by atoms with Gasteiger partial charge in [0.05, 0.1) is 16.6 Å². The van der Waals surface area contributed by atoms with Crippen LogP contribution in [0.15, 0.2) is 36.4 Å². The molecule has 0 atom stereocenters. The van der Waals surface area contributed by atoms with Gasteiger partial charge >= 0.3 is 0 Å². The van der Waals surface area contributed by atoms with Crippen molar-refractivity contribution in [2.75, 3.05) is 6.61 Å². The zero-order valence-electron chi connectivity index (χ0n) is 12.3. The van der Waals surface area contributed by atoms with Gasteiger partial charge < -0.3 is 9.47 Å². The maximum absolute atomic E-state index is 10.9. The Morgan fingerprint density at radius 1 is 1.26 bits per heavy atom. The number of aldehydes is 1. The quantitative estimate of drug-likeness (QED) is 0.433. The zero-order valence-corrected chi connectivity index (χ0v) is 13.1. The van der Waals surface area contributed by atoms with Crippen LogP contribution in [0.1, 0.15) is 22.8 Å². The molecule has 0 heterocycles. The van der Waals surface area contributed by atoms with Crippen molar-refractivity contribution in [1.82, 2.24) is 0 Å². The third-order valence-electron chi connectivity index (χ3n) is 2.97. The fraction of sp³-hybridized carbons (Fsp3) is 0.188. The van der Waals surface area contributed by atoms with E-state index >= 15 is 0 Å². The first-order valence-electron chi connectivity index (χ1n) is 6.82. The molecule has 2 aromatic carbocycles. The molecule has 2 rings (SSSR count). The van der Waals surface area contributed by atoms with Gasteiger partial charge in [0, 0.05) is 17.7 Å². The average Bonchev–Trinajstić information content (AvgIpc) is 2.54. The third-order valence-corrected chi connectivity index (χ3v) is 3.25. The highest BCUT2D eigenvalue weighted by Crippen LogP contribution is 2.37. The number of carbonyl (C=O) groups is 1. The van der Waals surface area contributed by atoms with E-state index < -0.39 is 4.92 Å². The highest BCUT2D eigenvalue weighted by atomic mass is 35.5. The van der Waals surface area contributed by atoms with Gasteiger partial charge in [-0.2, -0.15) is 0 Å². The Labute approximate surface area is 137 Å². The van der Waals surface area contributed by atoms with Gasteiger partial charge in [-0.05, 0) is 24.6 Å². The molecule has 0 aromatic heterocycles. The van der Waals surface area contributed by atoms with Gasteiger partial charge in [0.2, 0.25) is 0 Å². The number of hydrogen-bond acceptors (Lipinski definition) is 5. The monoisotopic (exact) mass is 335 g/mol. The number of hydrogen-bond donors (Lipinski definition) is 0. The largest absolute Gasteiger partial charge is 0.490 e. The molecule has 0 aliphatic rings. The second-order valence-electron chi connectivity index (χ2n) is 4.60. The standard InChI is InChI=1S/C16H14ClNO5/c1-2-22-15-8-12(9-19)7-14(17)16(15)23-10-11-4-3-5-13(6-11)18(20)21/h3-9H,2,10H2,1H3. The summed E-state index contributed by atoms with van der Waals surface area (Å²) in [7, 11) is 0. The molecule has 0 bridgehead atoms. The molecule has 120 valence electrons. The smallest absolute Gasteiger partial charge is 0.269 e. The van der Waals surface area contributed by atoms with Crippen molar-refractivity contribution in [3.8, 4) is 11.5 Å². The van der Waals surface area contributed by atoms with E-state index in [4.69, 9.17) is 21.1 Å². The van der Waals surface area contributed by atoms with Crippen LogP contribution in [0.4, 0.5) is 5.69 Å². The predicted octanol–water partition coefficient (Wildman–Crippen LogP) is 4.04. The number of benzene rings is 2. The molecule has 6 nitrogen and oxygen atoms in total. The van der Waals surface area contributed by atoms with Crippen LogP contribution in [-0.2, 0) is 6.61 Å². The number of nitro benzene ring substituents is 1. The van der Waals surface area contributed by atoms with Crippen LogP contribution in [0.2, 0.25) is 5.02 Å². The van der Waals surface area contributed by atoms with E-state index in [1.807, 2.05) is 0 Å². The Bertz CT molecular complexity index is 732. The number of non-ortho nitro benzene ring substituents is 1. The molecule has 0 aliphatic heterocycles. The predicted molar refractivity (Wildman–Crippen MR) is 85.4 cm³/mol. The Hall–Kier alpha value is -2.60. The van der Waals surface area contributed by atoms with E-state index in [1.54, 1.807) is 19.1 Å². The van der Waals surface area contributed by atoms with E-state index in [0.29, 0.717) is 35.5 Å². The Balaban J connectivity index is 2.24. The Kier molecular flexibility index (Phi) is 5.54. The van der Waals surface area contributed by atoms with Crippen molar-refractivity contribution in [3.63, 3.8) is 0 Å². The van der Waals surface area contributed by atoms with E-state index in [-0.39, 0.29) is 17.3 Å². The molecule has 2 aromatic rings. The Morgan fingerprint density at radius 2 is 2.04 bits per heavy atom. The second kappa shape index (κ2) is 7.60. The summed E-state index contributed by atoms with van der Waals surface area (Å²) in [5.74, 6) is 0.651. The van der Waals surface area contributed by atoms with Crippen LogP contribution < -0.4 is 9.47 Å². The molecular weight excluding hydrogens is 322 g/mol. The van der Waals surface area contributed by atoms with Crippen LogP contribution in [0.5, 0.6) is 11.5 Å². The molecule has 0 saturated heterocycles. The topological polar surface area (TPSA) is 78.7 Å². The maximum atomic E-state index is 10.9. The van der Waals surface area contributed by atoms with E-state index in [9.17, 15) is 14.9 Å². The zero-order chi connectivity index (χ0) is 16.8. The van der Waals surface area contributed by atoms with Crippen molar-refractivity contribution >= 4 is 23.6 Å². The summed E-state index contributed by atoms with van der Waals surface area (Å²) in [6.07, 6.45) is 0.665. The van der Waals surface area contributed by atoms with Gasteiger partial charge in [-0.3, -0.25) is 14.9 Å². The van der Waals surface area contributed by atoms with Gasteiger partial charge in [0.1, 0.15) is 12.9 Å². The van der Waals surface area contributed by atoms with Gasteiger partial charge in [-0.1, -0.05) is 23.7 Å². The van der Waals surface area contributed by atoms with Crippen molar-refractivity contribution in [2.45, 2.75) is 13.5 Å². The van der Waals surface area contributed by atoms with Gasteiger partial charge in [0.15, 0.2) is 11.5 Å². The van der Waals surface area contributed by atoms with E-state index in [2.05, 4.69) is 0 Å². The summed E-state index contributed by atoms with van der Waals surface area (Å²) in [4.78, 5) is 21.2. The van der Waals surface area contributed by atoms with Crippen molar-refractivity contribution in [2.24, 2.45) is 0 Å². The average molecular weight is 336 g/mol. The lowest BCUT2D eigenvalue weighted by atomic mass is 10.2. The molecule has 0 radical (unpaired) electrons. The molecule has 0 spiro atoms. The maximum Gasteiger partial charge on any atom is 0.269 e. The lowest BCUT2D eigenvalue weighted by molar-refractivity contribution is -0.384. The summed E-state index contributed by atoms with van der Waals surface area (Å²) < 4.78 is 11.1. The minimum Gasteiger partial charge on any atom is -0.490 e. The number of rotatable bonds is 7. The summed E-state index contributed by atoms with van der Waals surface area (Å²) >= 11 is 6.12. The summed E-state index contributed by atoms with van der Waals surface area (Å²) in [5, 5.41) is 11.0. The number of halogens is 1. The van der Waals surface area contributed by atoms with Crippen LogP contribution in [0.3, 0.4) is 0 Å². The summed E-state index contributed by atoms with van der Waals surface area (Å²) in [5.41, 5.74) is 0.983. The first kappa shape index (κ1) is 16.8. The van der Waals surface area contributed by atoms with E-state index in [0.717, 1.165) is 0 Å². The summed E-state index contributed by atoms with van der Waals surface area (Å²) in [6, 6.07) is 9.12. The SMILES string of the molecule is CCOc1cc(C=O)cc(Cl)c1OCc1cccc([N+](=O)[O-])c1. The fourth-order valence-electron chi connectivity index (χ4n) is 1.97. The molecule has 0 aliphatic carbocycles. The van der Waals surface area contributed by atoms with Crippen molar-refractivity contribution in [3.05, 3.63) is 62.7 Å². The molecule has 23 heavy (non-hydrogen) atoms. The van der Waals surface area contributed by atoms with Crippen LogP contribution in [0.25, 0.3) is 0 Å². The van der Waals surface area contributed by atoms with Gasteiger partial charge in [0.25, 0.3) is 5.69 Å². The normalized spacial score (nSPS) is 10.2. The molecule has 0 unspecified atom stereocenters. The molecule has 7 heteroatoms. The minimum absolute atomic E-state index is 0.0152. The molecule has 0 fully saturated rings. The molecule has 0 amide bonds. The van der Waals surface area contributed by atoms with Crippen molar-refractivity contribution in [1.29, 1.82) is 0 Å². The lowest BCUT2D eigenvalue weighted by Gasteiger charge is -2.14. The lowest BCUT2D eigenvalue weighted by Crippen LogP contribution is -2.01. The fourth-order valence-corrected chi connectivity index (χ4v) is 2.25. The van der Waals surface area contributed by atoms with Crippen molar-refractivity contribution < 1.29 is 19.2 Å². The highest BCUT2D eigenvalue weighted by Gasteiger charge is 2.13. The third kappa shape index (κ3) is 4.20. The highest BCUT2D eigenvalue weighted by molar-refractivity contribution is 6.32. The first-order valence-corrected chi connectivity index (χ1v) is 7.20. The number of ether oxygens (including phenoxy) is 2. The first-order chi connectivity index (χ1) is 11.0. The molecule has 0 N–H and O–H groups in total. The van der Waals surface area contributed by atoms with Crippen LogP contribution in [-0.4, -0.2) is 17.8 Å². The number of nitro groups is 1. The van der Waals surface area contributed by atoms with Crippen LogP contribution >= 0.6 is 11.6 Å².